The van der Waals surface area contributed by atoms with Gasteiger partial charge in [-0.15, -0.1) is 0 Å². The zero-order valence-corrected chi connectivity index (χ0v) is 34.8. The summed E-state index contributed by atoms with van der Waals surface area (Å²) in [6, 6.07) is 11.2. The van der Waals surface area contributed by atoms with Gasteiger partial charge in [0.15, 0.2) is 11.6 Å². The lowest BCUT2D eigenvalue weighted by Crippen LogP contribution is -2.41. The lowest BCUT2D eigenvalue weighted by atomic mass is 10.0. The van der Waals surface area contributed by atoms with Crippen molar-refractivity contribution in [2.24, 2.45) is 0 Å². The molecule has 4 heterocycles. The van der Waals surface area contributed by atoms with Crippen molar-refractivity contribution in [3.05, 3.63) is 92.7 Å². The Balaban J connectivity index is 0.000000252. The van der Waals surface area contributed by atoms with Gasteiger partial charge in [0.25, 0.3) is 0 Å². The molecule has 2 aliphatic heterocycles. The standard InChI is InChI=1S/C23H28ClFN2O4.C16H23BrN2O4/c1-22(2,3)31-21(28)27-20(18-13-29-23(4,5)30-18)17-10-9-14(12-26-17)11-15-7-6-8-16(24)19(15)25;1-15(2,3)23-14(20)19-13(11-7-6-10(17)8-18-11)12-9-21-16(4,5)22-12/h6-10,12,18,20H,11,13H2,1-5H3,(H,27,28);6-8,12-13H,9H2,1-5H3,(H,19,20)/t18-,20?;12-,13?/m11/s1. The third kappa shape index (κ3) is 13.4. The molecule has 5 rings (SSSR count). The predicted octanol–water partition coefficient (Wildman–Crippen LogP) is 8.74. The number of nitrogens with one attached hydrogen (secondary N) is 2. The van der Waals surface area contributed by atoms with Crippen molar-refractivity contribution in [2.45, 2.75) is 123 Å². The molecule has 2 fully saturated rings. The SMILES string of the molecule is CC(C)(C)OC(=O)NC(c1ccc(Br)cn1)[C@H]1COC(C)(C)O1.CC(C)(C)OC(=O)NC(c1ccc(Cc2cccc(Cl)c2F)cn1)[C@H]1COC(C)(C)O1. The number of rotatable bonds is 8. The van der Waals surface area contributed by atoms with Crippen molar-refractivity contribution in [1.82, 2.24) is 20.6 Å². The van der Waals surface area contributed by atoms with E-state index in [1.54, 1.807) is 51.4 Å². The van der Waals surface area contributed by atoms with Crippen LogP contribution in [0.4, 0.5) is 14.0 Å². The fourth-order valence-electron chi connectivity index (χ4n) is 5.54. The van der Waals surface area contributed by atoms with Gasteiger partial charge in [-0.3, -0.25) is 9.97 Å². The Hall–Kier alpha value is -3.40. The maximum absolute atomic E-state index is 14.2. The highest BCUT2D eigenvalue weighted by Gasteiger charge is 2.41. The summed E-state index contributed by atoms with van der Waals surface area (Å²) in [5.74, 6) is -1.88. The number of amides is 2. The summed E-state index contributed by atoms with van der Waals surface area (Å²) in [5.41, 5.74) is 1.36. The van der Waals surface area contributed by atoms with Gasteiger partial charge < -0.3 is 39.1 Å². The van der Waals surface area contributed by atoms with Crippen LogP contribution in [0.5, 0.6) is 0 Å². The third-order valence-electron chi connectivity index (χ3n) is 7.81. The van der Waals surface area contributed by atoms with Crippen LogP contribution in [-0.2, 0) is 34.8 Å². The molecule has 2 N–H and O–H groups in total. The molecule has 2 unspecified atom stereocenters. The van der Waals surface area contributed by atoms with Gasteiger partial charge in [0.2, 0.25) is 0 Å². The summed E-state index contributed by atoms with van der Waals surface area (Å²) < 4.78 is 48.9. The number of carbonyl (C=O) groups excluding carboxylic acids is 2. The summed E-state index contributed by atoms with van der Waals surface area (Å²) in [6.45, 7) is 18.8. The number of hydrogen-bond acceptors (Lipinski definition) is 10. The van der Waals surface area contributed by atoms with Crippen molar-refractivity contribution in [1.29, 1.82) is 0 Å². The minimum atomic E-state index is -0.761. The average Bonchev–Trinajstić information content (AvgIpc) is 3.60. The number of halogens is 3. The molecular formula is C39H51BrClFN4O8. The Morgan fingerprint density at radius 2 is 1.31 bits per heavy atom. The Labute approximate surface area is 330 Å². The molecule has 54 heavy (non-hydrogen) atoms. The van der Waals surface area contributed by atoms with Gasteiger partial charge >= 0.3 is 12.2 Å². The van der Waals surface area contributed by atoms with Gasteiger partial charge in [-0.05, 0) is 121 Å². The van der Waals surface area contributed by atoms with E-state index >= 15 is 0 Å². The van der Waals surface area contributed by atoms with Gasteiger partial charge in [0, 0.05) is 23.3 Å². The lowest BCUT2D eigenvalue weighted by Gasteiger charge is -2.27. The number of carbonyl (C=O) groups is 2. The molecule has 0 spiro atoms. The van der Waals surface area contributed by atoms with E-state index in [1.165, 1.54) is 6.07 Å². The Morgan fingerprint density at radius 3 is 1.70 bits per heavy atom. The Kier molecular flexibility index (Phi) is 14.1. The normalized spacial score (nSPS) is 20.2. The summed E-state index contributed by atoms with van der Waals surface area (Å²) in [4.78, 5) is 33.5. The highest BCUT2D eigenvalue weighted by Crippen LogP contribution is 2.32. The van der Waals surface area contributed by atoms with Gasteiger partial charge in [-0.2, -0.15) is 0 Å². The van der Waals surface area contributed by atoms with Crippen LogP contribution in [0.15, 0.2) is 59.3 Å². The molecule has 3 aromatic rings. The molecule has 0 bridgehead atoms. The highest BCUT2D eigenvalue weighted by atomic mass is 79.9. The van der Waals surface area contributed by atoms with Crippen LogP contribution in [0.2, 0.25) is 5.02 Å². The van der Waals surface area contributed by atoms with Crippen LogP contribution in [0.25, 0.3) is 0 Å². The van der Waals surface area contributed by atoms with E-state index in [0.29, 0.717) is 36.6 Å². The summed E-state index contributed by atoms with van der Waals surface area (Å²) >= 11 is 9.22. The number of hydrogen-bond donors (Lipinski definition) is 2. The molecular weight excluding hydrogens is 787 g/mol. The molecule has 12 nitrogen and oxygen atoms in total. The second-order valence-corrected chi connectivity index (χ2v) is 17.2. The molecule has 15 heteroatoms. The zero-order valence-electron chi connectivity index (χ0n) is 32.4. The van der Waals surface area contributed by atoms with E-state index in [9.17, 15) is 14.0 Å². The van der Waals surface area contributed by atoms with Crippen LogP contribution in [-0.4, -0.2) is 70.4 Å². The van der Waals surface area contributed by atoms with E-state index in [4.69, 9.17) is 40.0 Å². The number of pyridine rings is 2. The van der Waals surface area contributed by atoms with E-state index in [1.807, 2.05) is 66.7 Å². The third-order valence-corrected chi connectivity index (χ3v) is 8.57. The van der Waals surface area contributed by atoms with Crippen LogP contribution < -0.4 is 10.6 Å². The molecule has 0 radical (unpaired) electrons. The number of alkyl carbamates (subject to hydrolysis) is 2. The second-order valence-electron chi connectivity index (χ2n) is 15.9. The number of aromatic nitrogens is 2. The number of ether oxygens (including phenoxy) is 6. The fraction of sp³-hybridized carbons (Fsp3) is 0.538. The minimum Gasteiger partial charge on any atom is -0.444 e. The molecule has 296 valence electrons. The first kappa shape index (κ1) is 43.3. The van der Waals surface area contributed by atoms with Crippen LogP contribution >= 0.6 is 27.5 Å². The van der Waals surface area contributed by atoms with Crippen molar-refractivity contribution in [2.75, 3.05) is 13.2 Å². The predicted molar refractivity (Wildman–Crippen MR) is 204 cm³/mol. The maximum Gasteiger partial charge on any atom is 0.408 e. The van der Waals surface area contributed by atoms with Crippen LogP contribution in [0, 0.1) is 5.82 Å². The van der Waals surface area contributed by atoms with Crippen molar-refractivity contribution >= 4 is 39.7 Å². The first-order valence-corrected chi connectivity index (χ1v) is 18.8. The van der Waals surface area contributed by atoms with Crippen molar-refractivity contribution in [3.8, 4) is 0 Å². The smallest absolute Gasteiger partial charge is 0.408 e. The van der Waals surface area contributed by atoms with Crippen molar-refractivity contribution < 1.29 is 42.4 Å². The Morgan fingerprint density at radius 1 is 0.833 bits per heavy atom. The van der Waals surface area contributed by atoms with Gasteiger partial charge in [-0.25, -0.2) is 14.0 Å². The molecule has 0 aliphatic carbocycles. The summed E-state index contributed by atoms with van der Waals surface area (Å²) in [6.07, 6.45) is 1.82. The monoisotopic (exact) mass is 836 g/mol. The maximum atomic E-state index is 14.2. The number of nitrogens with zero attached hydrogens (tertiary/aromatic N) is 2. The minimum absolute atomic E-state index is 0.0877. The molecule has 2 aromatic heterocycles. The van der Waals surface area contributed by atoms with E-state index in [0.717, 1.165) is 10.0 Å². The molecule has 2 saturated heterocycles. The van der Waals surface area contributed by atoms with E-state index in [-0.39, 0.29) is 11.1 Å². The Bertz CT molecular complexity index is 1730. The number of benzene rings is 1. The topological polar surface area (TPSA) is 139 Å². The van der Waals surface area contributed by atoms with Crippen molar-refractivity contribution in [3.63, 3.8) is 0 Å². The molecule has 2 amide bonds. The van der Waals surface area contributed by atoms with E-state index in [2.05, 4.69) is 36.5 Å². The zero-order chi connectivity index (χ0) is 40.1. The first-order valence-electron chi connectivity index (χ1n) is 17.6. The second kappa shape index (κ2) is 17.6. The summed E-state index contributed by atoms with van der Waals surface area (Å²) in [7, 11) is 0. The fourth-order valence-corrected chi connectivity index (χ4v) is 5.97. The van der Waals surface area contributed by atoms with Crippen LogP contribution in [0.1, 0.15) is 104 Å². The molecule has 4 atom stereocenters. The lowest BCUT2D eigenvalue weighted by molar-refractivity contribution is -0.142. The van der Waals surface area contributed by atoms with Gasteiger partial charge in [0.1, 0.15) is 41.3 Å². The van der Waals surface area contributed by atoms with Crippen LogP contribution in [0.3, 0.4) is 0 Å². The molecule has 0 saturated carbocycles. The molecule has 1 aromatic carbocycles. The van der Waals surface area contributed by atoms with Gasteiger partial charge in [0.05, 0.1) is 29.6 Å². The van der Waals surface area contributed by atoms with E-state index < -0.39 is 59.0 Å². The first-order chi connectivity index (χ1) is 25.0. The average molecular weight is 838 g/mol. The quantitative estimate of drug-likeness (QED) is 0.227. The molecule has 2 aliphatic rings. The highest BCUT2D eigenvalue weighted by molar-refractivity contribution is 9.10. The van der Waals surface area contributed by atoms with Gasteiger partial charge in [-0.1, -0.05) is 29.8 Å². The summed E-state index contributed by atoms with van der Waals surface area (Å²) in [5, 5.41) is 5.78. The largest absolute Gasteiger partial charge is 0.444 e.